The van der Waals surface area contributed by atoms with Crippen LogP contribution in [0.15, 0.2) is 24.3 Å². The van der Waals surface area contributed by atoms with Crippen LogP contribution >= 0.6 is 0 Å². The standard InChI is InChI=1S/C19H27N3O2/c1-14-10-15(2)12-21(11-14)13-18(23)20-16-5-7-17(8-6-16)22-9-3-4-19(22)24/h5-8,14-15H,3-4,9-13H2,1-2H3,(H,20,23)/p+1/t14-,15+. The Balaban J connectivity index is 1.54. The van der Waals surface area contributed by atoms with Crippen LogP contribution in [0, 0.1) is 11.8 Å². The Kier molecular flexibility index (Phi) is 5.19. The lowest BCUT2D eigenvalue weighted by atomic mass is 9.92. The number of rotatable bonds is 4. The molecule has 1 unspecified atom stereocenters. The van der Waals surface area contributed by atoms with E-state index in [2.05, 4.69) is 19.2 Å². The third-order valence-corrected chi connectivity index (χ3v) is 5.03. The van der Waals surface area contributed by atoms with E-state index >= 15 is 0 Å². The third kappa shape index (κ3) is 4.15. The first-order valence-electron chi connectivity index (χ1n) is 9.05. The van der Waals surface area contributed by atoms with Crippen LogP contribution in [0.5, 0.6) is 0 Å². The number of hydrogen-bond donors (Lipinski definition) is 2. The molecule has 0 spiro atoms. The molecule has 1 aromatic carbocycles. The van der Waals surface area contributed by atoms with Crippen molar-refractivity contribution in [2.24, 2.45) is 11.8 Å². The van der Waals surface area contributed by atoms with Crippen LogP contribution in [0.4, 0.5) is 11.4 Å². The first kappa shape index (κ1) is 17.0. The van der Waals surface area contributed by atoms with Crippen molar-refractivity contribution in [3.63, 3.8) is 0 Å². The summed E-state index contributed by atoms with van der Waals surface area (Å²) in [4.78, 5) is 27.2. The van der Waals surface area contributed by atoms with Gasteiger partial charge in [-0.15, -0.1) is 0 Å². The van der Waals surface area contributed by atoms with Gasteiger partial charge >= 0.3 is 0 Å². The van der Waals surface area contributed by atoms with Crippen LogP contribution in [0.3, 0.4) is 0 Å². The van der Waals surface area contributed by atoms with Gasteiger partial charge in [-0.3, -0.25) is 9.59 Å². The Labute approximate surface area is 144 Å². The van der Waals surface area contributed by atoms with Crippen molar-refractivity contribution in [2.75, 3.05) is 36.4 Å². The summed E-state index contributed by atoms with van der Waals surface area (Å²) in [5, 5.41) is 2.98. The van der Waals surface area contributed by atoms with Gasteiger partial charge in [0.15, 0.2) is 6.54 Å². The van der Waals surface area contributed by atoms with Crippen LogP contribution in [-0.2, 0) is 9.59 Å². The molecule has 1 aromatic rings. The average molecular weight is 330 g/mol. The lowest BCUT2D eigenvalue weighted by molar-refractivity contribution is -0.904. The van der Waals surface area contributed by atoms with Crippen LogP contribution in [0.2, 0.25) is 0 Å². The number of likely N-dealkylation sites (tertiary alicyclic amines) is 1. The molecular weight excluding hydrogens is 302 g/mol. The summed E-state index contributed by atoms with van der Waals surface area (Å²) in [5.74, 6) is 1.63. The Morgan fingerprint density at radius 2 is 1.88 bits per heavy atom. The van der Waals surface area contributed by atoms with E-state index in [0.29, 0.717) is 24.8 Å². The van der Waals surface area contributed by atoms with Crippen LogP contribution in [0.25, 0.3) is 0 Å². The normalized spacial score (nSPS) is 27.3. The molecule has 2 heterocycles. The second kappa shape index (κ2) is 7.34. The Bertz CT molecular complexity index is 589. The molecule has 2 aliphatic heterocycles. The highest BCUT2D eigenvalue weighted by atomic mass is 16.2. The van der Waals surface area contributed by atoms with Crippen molar-refractivity contribution < 1.29 is 14.5 Å². The van der Waals surface area contributed by atoms with E-state index in [9.17, 15) is 9.59 Å². The predicted molar refractivity (Wildman–Crippen MR) is 95.2 cm³/mol. The molecule has 5 nitrogen and oxygen atoms in total. The number of amides is 2. The van der Waals surface area contributed by atoms with Gasteiger partial charge in [-0.25, -0.2) is 0 Å². The van der Waals surface area contributed by atoms with Crippen molar-refractivity contribution in [3.8, 4) is 0 Å². The number of benzene rings is 1. The first-order chi connectivity index (χ1) is 11.5. The molecule has 2 amide bonds. The zero-order valence-electron chi connectivity index (χ0n) is 14.7. The second-order valence-corrected chi connectivity index (χ2v) is 7.53. The average Bonchev–Trinajstić information content (AvgIpc) is 2.93. The minimum absolute atomic E-state index is 0.0660. The van der Waals surface area contributed by atoms with E-state index in [4.69, 9.17) is 0 Å². The quantitative estimate of drug-likeness (QED) is 0.875. The molecule has 3 rings (SSSR count). The van der Waals surface area contributed by atoms with Gasteiger partial charge in [0.2, 0.25) is 5.91 Å². The summed E-state index contributed by atoms with van der Waals surface area (Å²) >= 11 is 0. The number of carbonyl (C=O) groups is 2. The number of quaternary nitrogens is 1. The molecule has 24 heavy (non-hydrogen) atoms. The number of nitrogens with zero attached hydrogens (tertiary/aromatic N) is 1. The number of nitrogens with one attached hydrogen (secondary N) is 2. The minimum atomic E-state index is 0.0660. The summed E-state index contributed by atoms with van der Waals surface area (Å²) in [5.41, 5.74) is 1.72. The van der Waals surface area contributed by atoms with E-state index in [1.54, 1.807) is 0 Å². The highest BCUT2D eigenvalue weighted by Crippen LogP contribution is 2.22. The molecule has 0 radical (unpaired) electrons. The van der Waals surface area contributed by atoms with Crippen molar-refractivity contribution in [1.29, 1.82) is 0 Å². The zero-order chi connectivity index (χ0) is 17.1. The molecule has 0 saturated carbocycles. The molecule has 3 atom stereocenters. The van der Waals surface area contributed by atoms with E-state index in [1.165, 1.54) is 11.3 Å². The fourth-order valence-electron chi connectivity index (χ4n) is 4.14. The molecule has 0 bridgehead atoms. The van der Waals surface area contributed by atoms with Crippen molar-refractivity contribution >= 4 is 23.2 Å². The fraction of sp³-hybridized carbons (Fsp3) is 0.579. The second-order valence-electron chi connectivity index (χ2n) is 7.53. The van der Waals surface area contributed by atoms with Gasteiger partial charge in [-0.1, -0.05) is 13.8 Å². The molecule has 2 aliphatic rings. The van der Waals surface area contributed by atoms with E-state index < -0.39 is 0 Å². The zero-order valence-corrected chi connectivity index (χ0v) is 14.7. The van der Waals surface area contributed by atoms with Crippen molar-refractivity contribution in [2.45, 2.75) is 33.1 Å². The van der Waals surface area contributed by atoms with Crippen molar-refractivity contribution in [1.82, 2.24) is 0 Å². The van der Waals surface area contributed by atoms with Gasteiger partial charge in [0.05, 0.1) is 13.1 Å². The third-order valence-electron chi connectivity index (χ3n) is 5.03. The van der Waals surface area contributed by atoms with Gasteiger partial charge in [0, 0.05) is 36.2 Å². The Morgan fingerprint density at radius 3 is 2.46 bits per heavy atom. The van der Waals surface area contributed by atoms with Gasteiger partial charge in [-0.05, 0) is 37.1 Å². The lowest BCUT2D eigenvalue weighted by Gasteiger charge is -2.31. The monoisotopic (exact) mass is 330 g/mol. The molecule has 130 valence electrons. The Morgan fingerprint density at radius 1 is 1.21 bits per heavy atom. The topological polar surface area (TPSA) is 53.9 Å². The number of piperidine rings is 1. The number of carbonyl (C=O) groups excluding carboxylic acids is 2. The number of anilines is 2. The van der Waals surface area contributed by atoms with Crippen LogP contribution < -0.4 is 15.1 Å². The number of hydrogen-bond acceptors (Lipinski definition) is 2. The SMILES string of the molecule is C[C@@H]1C[C@H](C)C[NH+](CC(=O)Nc2ccc(N3CCCC3=O)cc2)C1. The maximum Gasteiger partial charge on any atom is 0.279 e. The molecule has 2 fully saturated rings. The smallest absolute Gasteiger partial charge is 0.279 e. The van der Waals surface area contributed by atoms with Gasteiger partial charge in [0.1, 0.15) is 0 Å². The lowest BCUT2D eigenvalue weighted by Crippen LogP contribution is -3.15. The van der Waals surface area contributed by atoms with Crippen molar-refractivity contribution in [3.05, 3.63) is 24.3 Å². The molecule has 2 saturated heterocycles. The predicted octanol–water partition coefficient (Wildman–Crippen LogP) is 1.31. The minimum Gasteiger partial charge on any atom is -0.327 e. The Hall–Kier alpha value is -1.88. The summed E-state index contributed by atoms with van der Waals surface area (Å²) in [7, 11) is 0. The van der Waals surface area contributed by atoms with Crippen LogP contribution in [-0.4, -0.2) is 38.0 Å². The summed E-state index contributed by atoms with van der Waals surface area (Å²) in [6.07, 6.45) is 2.82. The molecular formula is C19H28N3O2+. The van der Waals surface area contributed by atoms with Gasteiger partial charge in [0.25, 0.3) is 5.91 Å². The summed E-state index contributed by atoms with van der Waals surface area (Å²) < 4.78 is 0. The highest BCUT2D eigenvalue weighted by molar-refractivity contribution is 5.96. The van der Waals surface area contributed by atoms with Gasteiger partial charge < -0.3 is 15.1 Å². The fourth-order valence-corrected chi connectivity index (χ4v) is 4.14. The maximum atomic E-state index is 12.3. The van der Waals surface area contributed by atoms with E-state index in [0.717, 1.165) is 37.4 Å². The highest BCUT2D eigenvalue weighted by Gasteiger charge is 2.26. The summed E-state index contributed by atoms with van der Waals surface area (Å²) in [6.45, 7) is 8.01. The largest absolute Gasteiger partial charge is 0.327 e. The maximum absolute atomic E-state index is 12.3. The molecule has 0 aromatic heterocycles. The van der Waals surface area contributed by atoms with E-state index in [1.807, 2.05) is 29.2 Å². The van der Waals surface area contributed by atoms with E-state index in [-0.39, 0.29) is 11.8 Å². The van der Waals surface area contributed by atoms with Gasteiger partial charge in [-0.2, -0.15) is 0 Å². The molecule has 5 heteroatoms. The first-order valence-corrected chi connectivity index (χ1v) is 9.05. The molecule has 2 N–H and O–H groups in total. The summed E-state index contributed by atoms with van der Waals surface area (Å²) in [6, 6.07) is 7.60. The van der Waals surface area contributed by atoms with Crippen LogP contribution in [0.1, 0.15) is 33.1 Å². The molecule has 0 aliphatic carbocycles.